The summed E-state index contributed by atoms with van der Waals surface area (Å²) in [5.41, 5.74) is 8.71. The molecule has 2 aromatic heterocycles. The van der Waals surface area contributed by atoms with Gasteiger partial charge in [0.25, 0.3) is 5.91 Å². The molecule has 1 amide bonds. The first-order chi connectivity index (χ1) is 17.8. The summed E-state index contributed by atoms with van der Waals surface area (Å²) in [5, 5.41) is 15.3. The van der Waals surface area contributed by atoms with Crippen molar-refractivity contribution < 1.29 is 9.53 Å². The molecule has 2 atom stereocenters. The molecule has 0 bridgehead atoms. The lowest BCUT2D eigenvalue weighted by atomic mass is 10.00. The van der Waals surface area contributed by atoms with Crippen LogP contribution < -0.4 is 21.1 Å². The third-order valence-corrected chi connectivity index (χ3v) is 7.29. The number of nitrogens with one attached hydrogen (secondary N) is 3. The Hall–Kier alpha value is -4.05. The van der Waals surface area contributed by atoms with Crippen molar-refractivity contribution in [2.45, 2.75) is 25.8 Å². The molecular formula is C27H32N8O2. The third-order valence-electron chi connectivity index (χ3n) is 7.29. The number of nitrogens with two attached hydrogens (primary N) is 1. The van der Waals surface area contributed by atoms with Crippen LogP contribution in [0.25, 0.3) is 0 Å². The van der Waals surface area contributed by atoms with Crippen LogP contribution in [-0.4, -0.2) is 64.8 Å². The molecule has 0 radical (unpaired) electrons. The lowest BCUT2D eigenvalue weighted by molar-refractivity contribution is 0.102. The highest BCUT2D eigenvalue weighted by molar-refractivity contribution is 6.17. The highest BCUT2D eigenvalue weighted by atomic mass is 16.5. The Kier molecular flexibility index (Phi) is 6.75. The minimum Gasteiger partial charge on any atom is -0.496 e. The summed E-state index contributed by atoms with van der Waals surface area (Å²) in [6.45, 7) is 4.17. The molecule has 1 aliphatic carbocycles. The standard InChI is InChI=1S/C27H32N8O2/c1-15-6-7-30-22(8-15)34-27(36)20-5-4-16(11-21(20)37-3)24(28)23-25(29)31-14-32-26(23)33-19-9-17-12-35(2)13-18(17)10-19/h4-8,11,14,17-19,28H,9-10,12-13H2,1-3H3,(H,30,34,36)(H3,29,31,32,33). The number of nitrogen functional groups attached to an aromatic ring is 1. The monoisotopic (exact) mass is 500 g/mol. The largest absolute Gasteiger partial charge is 0.496 e. The number of aromatic nitrogens is 3. The molecule has 10 heteroatoms. The minimum atomic E-state index is -0.352. The smallest absolute Gasteiger partial charge is 0.260 e. The van der Waals surface area contributed by atoms with Crippen molar-refractivity contribution in [2.24, 2.45) is 11.8 Å². The molecule has 1 saturated carbocycles. The van der Waals surface area contributed by atoms with E-state index in [0.717, 1.165) is 31.5 Å². The second kappa shape index (κ2) is 10.1. The van der Waals surface area contributed by atoms with Gasteiger partial charge in [-0.25, -0.2) is 15.0 Å². The van der Waals surface area contributed by atoms with E-state index in [-0.39, 0.29) is 23.5 Å². The molecule has 10 nitrogen and oxygen atoms in total. The van der Waals surface area contributed by atoms with Crippen LogP contribution in [0.3, 0.4) is 0 Å². The summed E-state index contributed by atoms with van der Waals surface area (Å²) < 4.78 is 5.51. The quantitative estimate of drug-likeness (QED) is 0.362. The molecule has 2 fully saturated rings. The number of pyridine rings is 1. The summed E-state index contributed by atoms with van der Waals surface area (Å²) in [4.78, 5) is 28.1. The van der Waals surface area contributed by atoms with E-state index in [2.05, 4.69) is 37.5 Å². The molecule has 192 valence electrons. The zero-order chi connectivity index (χ0) is 26.1. The van der Waals surface area contributed by atoms with Crippen molar-refractivity contribution in [3.05, 3.63) is 65.1 Å². The number of anilines is 3. The van der Waals surface area contributed by atoms with Gasteiger partial charge < -0.3 is 26.0 Å². The number of carbonyl (C=O) groups is 1. The predicted molar refractivity (Wildman–Crippen MR) is 143 cm³/mol. The van der Waals surface area contributed by atoms with Gasteiger partial charge in [-0.15, -0.1) is 0 Å². The molecule has 3 heterocycles. The Bertz CT molecular complexity index is 1330. The Morgan fingerprint density at radius 2 is 1.89 bits per heavy atom. The van der Waals surface area contributed by atoms with Gasteiger partial charge in [0.1, 0.15) is 29.5 Å². The average Bonchev–Trinajstić information content (AvgIpc) is 3.40. The SMILES string of the molecule is COc1cc(C(=N)c2c(N)ncnc2NC2CC3CN(C)CC3C2)ccc1C(=O)Nc1cc(C)ccn1. The predicted octanol–water partition coefficient (Wildman–Crippen LogP) is 3.19. The Balaban J connectivity index is 1.37. The molecule has 2 unspecified atom stereocenters. The van der Waals surface area contributed by atoms with Crippen molar-refractivity contribution >= 4 is 29.1 Å². The van der Waals surface area contributed by atoms with Crippen LogP contribution in [0.2, 0.25) is 0 Å². The van der Waals surface area contributed by atoms with Gasteiger partial charge in [0, 0.05) is 30.9 Å². The van der Waals surface area contributed by atoms with Gasteiger partial charge in [0.05, 0.1) is 23.9 Å². The summed E-state index contributed by atoms with van der Waals surface area (Å²) >= 11 is 0. The average molecular weight is 501 g/mol. The Morgan fingerprint density at radius 1 is 1.14 bits per heavy atom. The van der Waals surface area contributed by atoms with E-state index in [9.17, 15) is 4.79 Å². The first kappa shape index (κ1) is 24.6. The Labute approximate surface area is 216 Å². The van der Waals surface area contributed by atoms with Crippen molar-refractivity contribution in [3.8, 4) is 5.75 Å². The normalized spacial score (nSPS) is 20.9. The summed E-state index contributed by atoms with van der Waals surface area (Å²) in [7, 11) is 3.67. The molecular weight excluding hydrogens is 468 g/mol. The number of hydrogen-bond acceptors (Lipinski definition) is 9. The highest BCUT2D eigenvalue weighted by Gasteiger charge is 2.40. The van der Waals surface area contributed by atoms with Crippen molar-refractivity contribution in [3.63, 3.8) is 0 Å². The second-order valence-corrected chi connectivity index (χ2v) is 10.00. The topological polar surface area (TPSA) is 142 Å². The van der Waals surface area contributed by atoms with Crippen LogP contribution in [-0.2, 0) is 0 Å². The zero-order valence-corrected chi connectivity index (χ0v) is 21.3. The molecule has 1 aliphatic heterocycles. The number of benzene rings is 1. The summed E-state index contributed by atoms with van der Waals surface area (Å²) in [6, 6.07) is 8.92. The van der Waals surface area contributed by atoms with E-state index in [0.29, 0.717) is 45.9 Å². The second-order valence-electron chi connectivity index (χ2n) is 10.00. The van der Waals surface area contributed by atoms with Gasteiger partial charge in [0.2, 0.25) is 0 Å². The Morgan fingerprint density at radius 3 is 2.59 bits per heavy atom. The summed E-state index contributed by atoms with van der Waals surface area (Å²) in [6.07, 6.45) is 5.20. The van der Waals surface area contributed by atoms with Gasteiger partial charge in [-0.2, -0.15) is 0 Å². The highest BCUT2D eigenvalue weighted by Crippen LogP contribution is 2.39. The van der Waals surface area contributed by atoms with Crippen molar-refractivity contribution in [1.29, 1.82) is 5.41 Å². The number of likely N-dealkylation sites (tertiary alicyclic amines) is 1. The van der Waals surface area contributed by atoms with Gasteiger partial charge in [-0.05, 0) is 68.5 Å². The molecule has 2 aliphatic rings. The van der Waals surface area contributed by atoms with Gasteiger partial charge in [-0.1, -0.05) is 6.07 Å². The lowest BCUT2D eigenvalue weighted by Crippen LogP contribution is -2.24. The molecule has 5 rings (SSSR count). The van der Waals surface area contributed by atoms with E-state index in [4.69, 9.17) is 15.9 Å². The molecule has 1 saturated heterocycles. The fourth-order valence-electron chi connectivity index (χ4n) is 5.57. The first-order valence-corrected chi connectivity index (χ1v) is 12.4. The molecule has 3 aromatic rings. The van der Waals surface area contributed by atoms with Crippen LogP contribution in [0.4, 0.5) is 17.5 Å². The van der Waals surface area contributed by atoms with E-state index >= 15 is 0 Å². The van der Waals surface area contributed by atoms with Gasteiger partial charge >= 0.3 is 0 Å². The van der Waals surface area contributed by atoms with Crippen molar-refractivity contribution in [2.75, 3.05) is 43.6 Å². The molecule has 1 aromatic carbocycles. The molecule has 0 spiro atoms. The van der Waals surface area contributed by atoms with Gasteiger partial charge in [0.15, 0.2) is 0 Å². The number of amides is 1. The summed E-state index contributed by atoms with van der Waals surface area (Å²) in [5.74, 6) is 2.59. The van der Waals surface area contributed by atoms with Gasteiger partial charge in [-0.3, -0.25) is 10.2 Å². The number of hydrogen-bond donors (Lipinski definition) is 4. The van der Waals surface area contributed by atoms with Crippen LogP contribution >= 0.6 is 0 Å². The maximum atomic E-state index is 12.9. The number of aryl methyl sites for hydroxylation is 1. The first-order valence-electron chi connectivity index (χ1n) is 12.4. The molecule has 5 N–H and O–H groups in total. The van der Waals surface area contributed by atoms with Crippen LogP contribution in [0.15, 0.2) is 42.9 Å². The van der Waals surface area contributed by atoms with Crippen molar-refractivity contribution in [1.82, 2.24) is 19.9 Å². The number of ether oxygens (including phenoxy) is 1. The fraction of sp³-hybridized carbons (Fsp3) is 0.370. The van der Waals surface area contributed by atoms with Crippen LogP contribution in [0.1, 0.15) is 39.9 Å². The van der Waals surface area contributed by atoms with Crippen LogP contribution in [0, 0.1) is 24.2 Å². The van der Waals surface area contributed by atoms with E-state index < -0.39 is 0 Å². The van der Waals surface area contributed by atoms with E-state index in [1.807, 2.05) is 13.0 Å². The van der Waals surface area contributed by atoms with E-state index in [1.54, 1.807) is 30.5 Å². The minimum absolute atomic E-state index is 0.157. The number of carbonyl (C=O) groups excluding carboxylic acids is 1. The third kappa shape index (κ3) is 5.10. The molecule has 37 heavy (non-hydrogen) atoms. The van der Waals surface area contributed by atoms with Crippen LogP contribution in [0.5, 0.6) is 5.75 Å². The maximum Gasteiger partial charge on any atom is 0.260 e. The number of methoxy groups -OCH3 is 1. The number of nitrogens with zero attached hydrogens (tertiary/aromatic N) is 4. The van der Waals surface area contributed by atoms with E-state index in [1.165, 1.54) is 13.4 Å². The maximum absolute atomic E-state index is 12.9. The fourth-order valence-corrected chi connectivity index (χ4v) is 5.57. The number of fused-ring (bicyclic) bond motifs is 1. The zero-order valence-electron chi connectivity index (χ0n) is 21.3. The lowest BCUT2D eigenvalue weighted by Gasteiger charge is -2.20. The number of rotatable bonds is 7.